The molecule has 0 saturated carbocycles. The third-order valence-electron chi connectivity index (χ3n) is 7.04. The number of hydrogen-bond acceptors (Lipinski definition) is 2. The fourth-order valence-corrected chi connectivity index (χ4v) is 5.02. The van der Waals surface area contributed by atoms with Crippen molar-refractivity contribution < 1.29 is 9.78 Å². The van der Waals surface area contributed by atoms with Gasteiger partial charge >= 0.3 is 0 Å². The van der Waals surface area contributed by atoms with E-state index >= 15 is 0 Å². The first kappa shape index (κ1) is 25.8. The molecule has 0 bridgehead atoms. The van der Waals surface area contributed by atoms with Gasteiger partial charge in [-0.1, -0.05) is 140 Å². The van der Waals surface area contributed by atoms with Crippen LogP contribution in [-0.2, 0) is 11.3 Å². The van der Waals surface area contributed by atoms with Crippen LogP contribution in [0.3, 0.4) is 0 Å². The summed E-state index contributed by atoms with van der Waals surface area (Å²) in [7, 11) is 0. The van der Waals surface area contributed by atoms with Crippen LogP contribution in [0.1, 0.15) is 121 Å². The summed E-state index contributed by atoms with van der Waals surface area (Å²) in [6, 6.07) is 14.9. The van der Waals surface area contributed by atoms with Crippen molar-refractivity contribution in [2.45, 2.75) is 116 Å². The van der Waals surface area contributed by atoms with Crippen molar-refractivity contribution in [2.75, 3.05) is 6.61 Å². The molecule has 1 aliphatic carbocycles. The van der Waals surface area contributed by atoms with Gasteiger partial charge in [0.1, 0.15) is 0 Å². The fraction of sp³-hybridized carbons (Fsp3) is 0.613. The van der Waals surface area contributed by atoms with Gasteiger partial charge in [0.25, 0.3) is 0 Å². The zero-order valence-corrected chi connectivity index (χ0v) is 21.1. The smallest absolute Gasteiger partial charge is 0.169 e. The average molecular weight is 451 g/mol. The molecule has 0 aromatic heterocycles. The van der Waals surface area contributed by atoms with Crippen molar-refractivity contribution in [3.8, 4) is 16.9 Å². The summed E-state index contributed by atoms with van der Waals surface area (Å²) in [6.45, 7) is 2.97. The molecule has 0 atom stereocenters. The van der Waals surface area contributed by atoms with Crippen molar-refractivity contribution >= 4 is 0 Å². The Bertz CT molecular complexity index is 782. The van der Waals surface area contributed by atoms with Gasteiger partial charge in [-0.25, -0.2) is 0 Å². The number of rotatable bonds is 19. The summed E-state index contributed by atoms with van der Waals surface area (Å²) in [5.74, 6) is 0.875. The van der Waals surface area contributed by atoms with Crippen molar-refractivity contribution in [1.29, 1.82) is 0 Å². The van der Waals surface area contributed by atoms with Crippen molar-refractivity contribution in [3.05, 3.63) is 53.6 Å². The monoisotopic (exact) mass is 450 g/mol. The fourth-order valence-electron chi connectivity index (χ4n) is 5.02. The highest BCUT2D eigenvalue weighted by Crippen LogP contribution is 2.40. The van der Waals surface area contributed by atoms with Gasteiger partial charge < -0.3 is 4.89 Å². The zero-order valence-electron chi connectivity index (χ0n) is 21.1. The molecule has 0 fully saturated rings. The standard InChI is InChI=1S/C31H46O2/c1-2-3-4-5-6-7-8-9-10-11-12-13-14-15-16-19-25-32-33-31-24-20-23-29-28-22-18-17-21-27(28)26-30(29)31/h17-18,20-24H,2-16,19,25-26H2,1H3. The maximum atomic E-state index is 5.70. The first-order valence-electron chi connectivity index (χ1n) is 13.9. The van der Waals surface area contributed by atoms with Gasteiger partial charge in [-0.05, 0) is 29.2 Å². The Kier molecular flexibility index (Phi) is 12.5. The normalized spacial score (nSPS) is 12.0. The second-order valence-corrected chi connectivity index (χ2v) is 9.82. The maximum absolute atomic E-state index is 5.70. The average Bonchev–Trinajstić information content (AvgIpc) is 3.23. The van der Waals surface area contributed by atoms with Gasteiger partial charge in [0.2, 0.25) is 0 Å². The predicted molar refractivity (Wildman–Crippen MR) is 141 cm³/mol. The first-order chi connectivity index (χ1) is 16.4. The Morgan fingerprint density at radius 1 is 0.576 bits per heavy atom. The molecule has 0 saturated heterocycles. The van der Waals surface area contributed by atoms with Gasteiger partial charge in [-0.15, -0.1) is 0 Å². The van der Waals surface area contributed by atoms with Crippen molar-refractivity contribution in [1.82, 2.24) is 0 Å². The van der Waals surface area contributed by atoms with Crippen LogP contribution in [0.15, 0.2) is 42.5 Å². The predicted octanol–water partition coefficient (Wildman–Crippen LogP) is 9.83. The Morgan fingerprint density at radius 3 is 1.76 bits per heavy atom. The number of unbranched alkanes of at least 4 members (excludes halogenated alkanes) is 15. The van der Waals surface area contributed by atoms with Crippen LogP contribution in [0.2, 0.25) is 0 Å². The van der Waals surface area contributed by atoms with Gasteiger partial charge in [0.15, 0.2) is 5.75 Å². The lowest BCUT2D eigenvalue weighted by atomic mass is 10.0. The molecule has 2 aromatic carbocycles. The third-order valence-corrected chi connectivity index (χ3v) is 7.04. The van der Waals surface area contributed by atoms with Crippen molar-refractivity contribution in [3.63, 3.8) is 0 Å². The first-order valence-corrected chi connectivity index (χ1v) is 13.9. The minimum Gasteiger partial charge on any atom is -0.337 e. The van der Waals surface area contributed by atoms with Crippen LogP contribution in [0.5, 0.6) is 5.75 Å². The maximum Gasteiger partial charge on any atom is 0.169 e. The molecule has 0 aliphatic heterocycles. The summed E-state index contributed by atoms with van der Waals surface area (Å²) in [5, 5.41) is 0. The Morgan fingerprint density at radius 2 is 1.12 bits per heavy atom. The minimum atomic E-state index is 0.676. The lowest BCUT2D eigenvalue weighted by Crippen LogP contribution is -2.01. The van der Waals surface area contributed by atoms with Crippen LogP contribution in [0.4, 0.5) is 0 Å². The molecule has 0 spiro atoms. The van der Waals surface area contributed by atoms with E-state index < -0.39 is 0 Å². The Hall–Kier alpha value is -1.80. The summed E-state index contributed by atoms with van der Waals surface area (Å²) >= 11 is 0. The third kappa shape index (κ3) is 9.16. The SMILES string of the molecule is CCCCCCCCCCCCCCCCCCOOc1cccc2c1Cc1ccccc1-2. The van der Waals surface area contributed by atoms with Gasteiger partial charge in [0.05, 0.1) is 6.61 Å². The van der Waals surface area contributed by atoms with Crippen molar-refractivity contribution in [2.24, 2.45) is 0 Å². The Balaban J connectivity index is 1.12. The van der Waals surface area contributed by atoms with E-state index in [0.29, 0.717) is 6.61 Å². The summed E-state index contributed by atoms with van der Waals surface area (Å²) in [5.41, 5.74) is 5.25. The molecule has 33 heavy (non-hydrogen) atoms. The van der Waals surface area contributed by atoms with Gasteiger partial charge in [-0.2, -0.15) is 4.89 Å². The van der Waals surface area contributed by atoms with E-state index in [-0.39, 0.29) is 0 Å². The van der Waals surface area contributed by atoms with E-state index in [9.17, 15) is 0 Å². The highest BCUT2D eigenvalue weighted by Gasteiger charge is 2.21. The van der Waals surface area contributed by atoms with Crippen LogP contribution < -0.4 is 4.89 Å². The molecule has 0 N–H and O–H groups in total. The second-order valence-electron chi connectivity index (χ2n) is 9.82. The topological polar surface area (TPSA) is 18.5 Å². The molecule has 0 heterocycles. The van der Waals surface area contributed by atoms with Gasteiger partial charge in [0, 0.05) is 12.0 Å². The zero-order chi connectivity index (χ0) is 23.0. The molecule has 3 rings (SSSR count). The number of benzene rings is 2. The molecule has 0 amide bonds. The number of hydrogen-bond donors (Lipinski definition) is 0. The lowest BCUT2D eigenvalue weighted by molar-refractivity contribution is -0.207. The van der Waals surface area contributed by atoms with E-state index in [2.05, 4.69) is 43.3 Å². The van der Waals surface area contributed by atoms with E-state index in [4.69, 9.17) is 9.78 Å². The van der Waals surface area contributed by atoms with Crippen LogP contribution >= 0.6 is 0 Å². The van der Waals surface area contributed by atoms with E-state index in [1.54, 1.807) is 0 Å². The molecule has 0 radical (unpaired) electrons. The van der Waals surface area contributed by atoms with E-state index in [1.165, 1.54) is 119 Å². The molecular weight excluding hydrogens is 404 g/mol. The summed E-state index contributed by atoms with van der Waals surface area (Å²) in [6.07, 6.45) is 23.1. The van der Waals surface area contributed by atoms with E-state index in [1.807, 2.05) is 6.07 Å². The van der Waals surface area contributed by atoms with Crippen LogP contribution in [-0.4, -0.2) is 6.61 Å². The summed E-state index contributed by atoms with van der Waals surface area (Å²) < 4.78 is 0. The van der Waals surface area contributed by atoms with Crippen LogP contribution in [0.25, 0.3) is 11.1 Å². The molecule has 1 aliphatic rings. The second kappa shape index (κ2) is 15.9. The number of fused-ring (bicyclic) bond motifs is 3. The lowest BCUT2D eigenvalue weighted by Gasteiger charge is -2.09. The van der Waals surface area contributed by atoms with Crippen LogP contribution in [0, 0.1) is 0 Å². The molecule has 0 unspecified atom stereocenters. The quantitative estimate of drug-likeness (QED) is 0.103. The molecule has 2 aromatic rings. The highest BCUT2D eigenvalue weighted by atomic mass is 17.2. The van der Waals surface area contributed by atoms with Gasteiger partial charge in [-0.3, -0.25) is 0 Å². The minimum absolute atomic E-state index is 0.676. The highest BCUT2D eigenvalue weighted by molar-refractivity contribution is 5.78. The molecule has 2 nitrogen and oxygen atoms in total. The largest absolute Gasteiger partial charge is 0.337 e. The Labute approximate surface area is 203 Å². The molecule has 182 valence electrons. The van der Waals surface area contributed by atoms with E-state index in [0.717, 1.165) is 18.6 Å². The molecule has 2 heteroatoms. The molecular formula is C31H46O2. The summed E-state index contributed by atoms with van der Waals surface area (Å²) in [4.78, 5) is 11.3.